The van der Waals surface area contributed by atoms with Gasteiger partial charge in [-0.05, 0) is 37.6 Å². The molecule has 0 saturated carbocycles. The van der Waals surface area contributed by atoms with Crippen LogP contribution in [0.25, 0.3) is 11.3 Å². The Morgan fingerprint density at radius 1 is 1.10 bits per heavy atom. The van der Waals surface area contributed by atoms with Gasteiger partial charge in [0.25, 0.3) is 0 Å². The Bertz CT molecular complexity index is 1010. The van der Waals surface area contributed by atoms with Crippen LogP contribution in [0.3, 0.4) is 0 Å². The molecular formula is C21H22N6O2. The molecule has 148 valence electrons. The van der Waals surface area contributed by atoms with Crippen molar-refractivity contribution in [3.8, 4) is 11.3 Å². The summed E-state index contributed by atoms with van der Waals surface area (Å²) in [6.45, 7) is 3.38. The maximum absolute atomic E-state index is 12.6. The largest absolute Gasteiger partial charge is 0.311 e. The van der Waals surface area contributed by atoms with Gasteiger partial charge in [-0.3, -0.25) is 19.5 Å². The van der Waals surface area contributed by atoms with E-state index in [1.807, 2.05) is 41.9 Å². The second-order valence-electron chi connectivity index (χ2n) is 6.96. The van der Waals surface area contributed by atoms with Crippen molar-refractivity contribution in [2.45, 2.75) is 32.7 Å². The molecule has 1 aliphatic heterocycles. The highest BCUT2D eigenvalue weighted by molar-refractivity contribution is 5.97. The van der Waals surface area contributed by atoms with E-state index in [0.29, 0.717) is 12.4 Å². The number of amides is 2. The van der Waals surface area contributed by atoms with E-state index >= 15 is 0 Å². The Balaban J connectivity index is 1.32. The number of nitrogens with zero attached hydrogens (tertiary/aromatic N) is 5. The summed E-state index contributed by atoms with van der Waals surface area (Å²) in [5.41, 5.74) is 2.58. The van der Waals surface area contributed by atoms with E-state index in [9.17, 15) is 9.59 Å². The first-order valence-electron chi connectivity index (χ1n) is 9.62. The van der Waals surface area contributed by atoms with Gasteiger partial charge in [0.2, 0.25) is 11.8 Å². The summed E-state index contributed by atoms with van der Waals surface area (Å²) in [5.74, 6) is 0.956. The van der Waals surface area contributed by atoms with E-state index in [0.717, 1.165) is 35.7 Å². The molecule has 0 aliphatic carbocycles. The summed E-state index contributed by atoms with van der Waals surface area (Å²) in [6, 6.07) is 11.2. The molecule has 0 radical (unpaired) electrons. The van der Waals surface area contributed by atoms with Crippen LogP contribution in [0.15, 0.2) is 48.8 Å². The van der Waals surface area contributed by atoms with Crippen molar-refractivity contribution in [1.29, 1.82) is 0 Å². The summed E-state index contributed by atoms with van der Waals surface area (Å²) < 4.78 is 1.85. The predicted octanol–water partition coefficient (Wildman–Crippen LogP) is 2.80. The van der Waals surface area contributed by atoms with Crippen molar-refractivity contribution < 1.29 is 9.59 Å². The van der Waals surface area contributed by atoms with Crippen LogP contribution in [0.1, 0.15) is 25.0 Å². The van der Waals surface area contributed by atoms with E-state index in [2.05, 4.69) is 20.4 Å². The fraction of sp³-hybridized carbons (Fsp3) is 0.286. The van der Waals surface area contributed by atoms with Gasteiger partial charge in [-0.15, -0.1) is 0 Å². The molecule has 3 aromatic heterocycles. The van der Waals surface area contributed by atoms with Gasteiger partial charge in [0, 0.05) is 50.0 Å². The number of carbonyl (C=O) groups is 2. The minimum atomic E-state index is -0.238. The van der Waals surface area contributed by atoms with Crippen LogP contribution in [-0.2, 0) is 16.1 Å². The third-order valence-electron chi connectivity index (χ3n) is 4.77. The van der Waals surface area contributed by atoms with Crippen LogP contribution in [0.4, 0.5) is 11.6 Å². The maximum Gasteiger partial charge on any atom is 0.228 e. The predicted molar refractivity (Wildman–Crippen MR) is 109 cm³/mol. The van der Waals surface area contributed by atoms with E-state index in [-0.39, 0.29) is 24.7 Å². The number of pyridine rings is 2. The maximum atomic E-state index is 12.6. The lowest BCUT2D eigenvalue weighted by molar-refractivity contribution is -0.122. The average Bonchev–Trinajstić information content (AvgIpc) is 3.13. The minimum Gasteiger partial charge on any atom is -0.311 e. The molecule has 29 heavy (non-hydrogen) atoms. The number of carbonyl (C=O) groups excluding carboxylic acids is 2. The summed E-state index contributed by atoms with van der Waals surface area (Å²) in [4.78, 5) is 35.1. The topological polar surface area (TPSA) is 93.0 Å². The molecule has 0 atom stereocenters. The molecule has 0 saturated heterocycles. The van der Waals surface area contributed by atoms with Gasteiger partial charge in [-0.1, -0.05) is 6.07 Å². The first-order valence-corrected chi connectivity index (χ1v) is 9.62. The Morgan fingerprint density at radius 2 is 2.00 bits per heavy atom. The zero-order valence-electron chi connectivity index (χ0n) is 16.2. The molecule has 4 heterocycles. The zero-order valence-corrected chi connectivity index (χ0v) is 16.2. The van der Waals surface area contributed by atoms with Gasteiger partial charge in [0.1, 0.15) is 11.6 Å². The van der Waals surface area contributed by atoms with E-state index in [1.54, 1.807) is 23.4 Å². The van der Waals surface area contributed by atoms with Crippen molar-refractivity contribution in [1.82, 2.24) is 19.7 Å². The molecule has 0 unspecified atom stereocenters. The number of hydrogen-bond donors (Lipinski definition) is 1. The van der Waals surface area contributed by atoms with Crippen molar-refractivity contribution in [2.75, 3.05) is 16.8 Å². The average molecular weight is 390 g/mol. The van der Waals surface area contributed by atoms with Crippen LogP contribution in [0.2, 0.25) is 0 Å². The number of fused-ring (bicyclic) bond motifs is 1. The molecule has 1 aliphatic rings. The Kier molecular flexibility index (Phi) is 5.33. The van der Waals surface area contributed by atoms with Gasteiger partial charge >= 0.3 is 0 Å². The third-order valence-corrected chi connectivity index (χ3v) is 4.77. The molecule has 2 amide bonds. The van der Waals surface area contributed by atoms with Crippen molar-refractivity contribution in [3.63, 3.8) is 0 Å². The van der Waals surface area contributed by atoms with Crippen molar-refractivity contribution in [2.24, 2.45) is 0 Å². The molecule has 0 bridgehead atoms. The summed E-state index contributed by atoms with van der Waals surface area (Å²) >= 11 is 0. The number of aryl methyl sites for hydroxylation is 2. The highest BCUT2D eigenvalue weighted by Gasteiger charge is 2.24. The third kappa shape index (κ3) is 4.31. The van der Waals surface area contributed by atoms with Crippen molar-refractivity contribution >= 4 is 23.5 Å². The second kappa shape index (κ2) is 8.22. The molecule has 3 aromatic rings. The fourth-order valence-electron chi connectivity index (χ4n) is 3.37. The fourth-order valence-corrected chi connectivity index (χ4v) is 3.37. The Morgan fingerprint density at radius 3 is 2.76 bits per heavy atom. The van der Waals surface area contributed by atoms with Crippen molar-refractivity contribution in [3.05, 3.63) is 54.5 Å². The Labute approximate surface area is 168 Å². The second-order valence-corrected chi connectivity index (χ2v) is 6.96. The van der Waals surface area contributed by atoms with Crippen LogP contribution >= 0.6 is 0 Å². The smallest absolute Gasteiger partial charge is 0.228 e. The van der Waals surface area contributed by atoms with Crippen LogP contribution < -0.4 is 10.2 Å². The van der Waals surface area contributed by atoms with Crippen LogP contribution in [0.5, 0.6) is 0 Å². The first kappa shape index (κ1) is 18.8. The number of nitrogens with one attached hydrogen (secondary N) is 1. The first-order chi connectivity index (χ1) is 14.1. The number of rotatable bonds is 5. The van der Waals surface area contributed by atoms with E-state index < -0.39 is 0 Å². The van der Waals surface area contributed by atoms with Gasteiger partial charge in [-0.2, -0.15) is 5.10 Å². The zero-order chi connectivity index (χ0) is 20.2. The number of anilines is 2. The lowest BCUT2D eigenvalue weighted by atomic mass is 10.2. The number of aromatic nitrogens is 4. The monoisotopic (exact) mass is 390 g/mol. The van der Waals surface area contributed by atoms with Gasteiger partial charge in [0.15, 0.2) is 0 Å². The molecule has 0 fully saturated rings. The summed E-state index contributed by atoms with van der Waals surface area (Å²) in [5, 5.41) is 7.14. The lowest BCUT2D eigenvalue weighted by Gasteiger charge is -2.27. The molecule has 1 N–H and O–H groups in total. The quantitative estimate of drug-likeness (QED) is 0.723. The van der Waals surface area contributed by atoms with Gasteiger partial charge < -0.3 is 5.32 Å². The summed E-state index contributed by atoms with van der Waals surface area (Å²) in [7, 11) is 0. The van der Waals surface area contributed by atoms with Crippen LogP contribution in [0, 0.1) is 6.92 Å². The minimum absolute atomic E-state index is 0.0699. The lowest BCUT2D eigenvalue weighted by Crippen LogP contribution is -2.37. The Hall–Kier alpha value is -3.55. The highest BCUT2D eigenvalue weighted by atomic mass is 16.2. The van der Waals surface area contributed by atoms with Crippen LogP contribution in [-0.4, -0.2) is 38.1 Å². The highest BCUT2D eigenvalue weighted by Crippen LogP contribution is 2.23. The standard InChI is InChI=1S/C21H22N6O2/c1-15-13-20-26(11-4-12-27(20)25-15)21(29)9-8-19(28)24-18-7-6-16(14-23-18)17-5-2-3-10-22-17/h2-3,5-7,10,13-14H,4,8-9,11-12H2,1H3,(H,23,24,28). The number of hydrogen-bond acceptors (Lipinski definition) is 5. The molecule has 8 heteroatoms. The molecule has 4 rings (SSSR count). The normalized spacial score (nSPS) is 13.1. The molecular weight excluding hydrogens is 368 g/mol. The molecule has 0 spiro atoms. The summed E-state index contributed by atoms with van der Waals surface area (Å²) in [6.07, 6.45) is 4.49. The molecule has 0 aromatic carbocycles. The van der Waals surface area contributed by atoms with Gasteiger partial charge in [0.05, 0.1) is 11.4 Å². The van der Waals surface area contributed by atoms with Gasteiger partial charge in [-0.25, -0.2) is 9.67 Å². The SMILES string of the molecule is Cc1cc2n(n1)CCCN2C(=O)CCC(=O)Nc1ccc(-c2ccccn2)cn1. The van der Waals surface area contributed by atoms with E-state index in [1.165, 1.54) is 0 Å². The molecule has 8 nitrogen and oxygen atoms in total. The van der Waals surface area contributed by atoms with E-state index in [4.69, 9.17) is 0 Å².